The number of carbonyl (C=O) groups excluding carboxylic acids is 4. The molecule has 2 rings (SSSR count). The van der Waals surface area contributed by atoms with Gasteiger partial charge in [-0.25, -0.2) is 4.79 Å². The Morgan fingerprint density at radius 3 is 2.10 bits per heavy atom. The number of amides is 4. The third kappa shape index (κ3) is 11.7. The van der Waals surface area contributed by atoms with Crippen LogP contribution in [0.25, 0.3) is 0 Å². The van der Waals surface area contributed by atoms with E-state index in [1.165, 1.54) is 14.2 Å². The minimum Gasteiger partial charge on any atom is -0.480 e. The first kappa shape index (κ1) is 44.6. The highest BCUT2D eigenvalue weighted by Gasteiger charge is 2.43. The van der Waals surface area contributed by atoms with Crippen molar-refractivity contribution in [2.45, 2.75) is 109 Å². The van der Waals surface area contributed by atoms with Gasteiger partial charge < -0.3 is 40.1 Å². The van der Waals surface area contributed by atoms with Crippen LogP contribution < -0.4 is 10.6 Å². The molecule has 1 saturated heterocycles. The summed E-state index contributed by atoms with van der Waals surface area (Å²) < 4.78 is 11.8. The Hall–Kier alpha value is -3.59. The monoisotopic (exact) mass is 733 g/mol. The van der Waals surface area contributed by atoms with Gasteiger partial charge in [0.15, 0.2) is 0 Å². The number of carboxylic acids is 1. The van der Waals surface area contributed by atoms with Crippen LogP contribution in [0.3, 0.4) is 0 Å². The lowest BCUT2D eigenvalue weighted by Gasteiger charge is -2.41. The zero-order chi connectivity index (χ0) is 39.3. The molecule has 1 aromatic rings. The first-order chi connectivity index (χ1) is 24.5. The summed E-state index contributed by atoms with van der Waals surface area (Å²) in [4.78, 5) is 71.6. The Morgan fingerprint density at radius 1 is 0.962 bits per heavy atom. The Balaban J connectivity index is 2.26. The average molecular weight is 734 g/mol. The maximum Gasteiger partial charge on any atom is 0.326 e. The van der Waals surface area contributed by atoms with Gasteiger partial charge >= 0.3 is 5.97 Å². The van der Waals surface area contributed by atoms with Crippen molar-refractivity contribution in [1.29, 1.82) is 0 Å². The van der Waals surface area contributed by atoms with E-state index in [1.54, 1.807) is 54.9 Å². The minimum absolute atomic E-state index is 0.0409. The number of aliphatic hydroxyl groups is 1. The van der Waals surface area contributed by atoms with Gasteiger partial charge in [-0.15, -0.1) is 0 Å². The third-order valence-corrected chi connectivity index (χ3v) is 10.5. The number of aliphatic hydroxyl groups excluding tert-OH is 1. The molecule has 0 radical (unpaired) electrons. The zero-order valence-electron chi connectivity index (χ0n) is 32.7. The number of carboxylic acid groups (broad SMARTS) is 1. The molecule has 0 aromatic heterocycles. The fourth-order valence-corrected chi connectivity index (χ4v) is 7.12. The summed E-state index contributed by atoms with van der Waals surface area (Å²) in [5.41, 5.74) is 0.776. The molecule has 1 aromatic carbocycles. The number of rotatable bonds is 21. The average Bonchev–Trinajstić information content (AvgIpc) is 3.59. The molecule has 52 heavy (non-hydrogen) atoms. The lowest BCUT2D eigenvalue weighted by molar-refractivity contribution is -0.148. The van der Waals surface area contributed by atoms with Gasteiger partial charge in [0.1, 0.15) is 18.1 Å². The van der Waals surface area contributed by atoms with Crippen LogP contribution in [-0.4, -0.2) is 145 Å². The highest BCUT2D eigenvalue weighted by molar-refractivity contribution is 5.90. The van der Waals surface area contributed by atoms with Crippen LogP contribution in [0.2, 0.25) is 0 Å². The maximum atomic E-state index is 14.1. The fourth-order valence-electron chi connectivity index (χ4n) is 7.12. The second-order valence-electron chi connectivity index (χ2n) is 14.6. The van der Waals surface area contributed by atoms with Gasteiger partial charge in [-0.3, -0.25) is 24.1 Å². The number of likely N-dealkylation sites (N-methyl/N-ethyl adjacent to an activating group) is 2. The van der Waals surface area contributed by atoms with Gasteiger partial charge in [-0.2, -0.15) is 0 Å². The molecule has 294 valence electrons. The number of hydrogen-bond acceptors (Lipinski definition) is 9. The molecule has 14 nitrogen and oxygen atoms in total. The van der Waals surface area contributed by atoms with Crippen LogP contribution in [0, 0.1) is 17.8 Å². The number of nitrogens with zero attached hydrogens (tertiary/aromatic N) is 3. The molecule has 1 fully saturated rings. The first-order valence-electron chi connectivity index (χ1n) is 18.3. The van der Waals surface area contributed by atoms with Gasteiger partial charge in [0.05, 0.1) is 43.2 Å². The zero-order valence-corrected chi connectivity index (χ0v) is 32.7. The van der Waals surface area contributed by atoms with Gasteiger partial charge in [0.2, 0.25) is 23.6 Å². The molecule has 0 saturated carbocycles. The largest absolute Gasteiger partial charge is 0.480 e. The fraction of sp³-hybridized carbons (Fsp3) is 0.711. The van der Waals surface area contributed by atoms with Crippen molar-refractivity contribution in [1.82, 2.24) is 25.3 Å². The van der Waals surface area contributed by atoms with Gasteiger partial charge in [0.25, 0.3) is 0 Å². The summed E-state index contributed by atoms with van der Waals surface area (Å²) in [7, 11) is 8.01. The lowest BCUT2D eigenvalue weighted by Crippen LogP contribution is -2.59. The molecule has 14 heteroatoms. The Morgan fingerprint density at radius 2 is 1.60 bits per heavy atom. The number of nitrogens with one attached hydrogen (secondary N) is 2. The maximum absolute atomic E-state index is 14.1. The molecule has 9 atom stereocenters. The second kappa shape index (κ2) is 21.2. The number of carbonyl (C=O) groups is 5. The molecule has 1 heterocycles. The first-order valence-corrected chi connectivity index (χ1v) is 18.3. The summed E-state index contributed by atoms with van der Waals surface area (Å²) in [5, 5.41) is 25.1. The van der Waals surface area contributed by atoms with Crippen molar-refractivity contribution in [3.8, 4) is 0 Å². The van der Waals surface area contributed by atoms with Crippen molar-refractivity contribution >= 4 is 29.6 Å². The molecule has 0 aliphatic carbocycles. The molecule has 1 aliphatic heterocycles. The summed E-state index contributed by atoms with van der Waals surface area (Å²) in [6.45, 7) is 9.37. The summed E-state index contributed by atoms with van der Waals surface area (Å²) in [6.07, 6.45) is 0.666. The summed E-state index contributed by atoms with van der Waals surface area (Å²) in [5.74, 6) is -3.74. The Bertz CT molecular complexity index is 1310. The molecule has 4 amide bonds. The van der Waals surface area contributed by atoms with Crippen LogP contribution >= 0.6 is 0 Å². The third-order valence-electron chi connectivity index (χ3n) is 10.5. The molecular formula is C38H63N5O9. The van der Waals surface area contributed by atoms with Crippen LogP contribution in [0.1, 0.15) is 65.9 Å². The van der Waals surface area contributed by atoms with E-state index in [-0.39, 0.29) is 36.5 Å². The topological polar surface area (TPSA) is 178 Å². The van der Waals surface area contributed by atoms with E-state index < -0.39 is 72.7 Å². The summed E-state index contributed by atoms with van der Waals surface area (Å²) in [6, 6.07) is 5.27. The Labute approximate surface area is 309 Å². The normalized spacial score (nSPS) is 19.2. The van der Waals surface area contributed by atoms with Crippen LogP contribution in [0.4, 0.5) is 0 Å². The van der Waals surface area contributed by atoms with Crippen LogP contribution in [0.15, 0.2) is 30.3 Å². The van der Waals surface area contributed by atoms with E-state index in [2.05, 4.69) is 10.6 Å². The number of aliphatic carboxylic acids is 1. The summed E-state index contributed by atoms with van der Waals surface area (Å²) >= 11 is 0. The molecular weight excluding hydrogens is 670 g/mol. The smallest absolute Gasteiger partial charge is 0.326 e. The van der Waals surface area contributed by atoms with Gasteiger partial charge in [0, 0.05) is 34.2 Å². The van der Waals surface area contributed by atoms with Crippen LogP contribution in [-0.2, 0) is 39.9 Å². The van der Waals surface area contributed by atoms with Crippen molar-refractivity contribution in [3.63, 3.8) is 0 Å². The van der Waals surface area contributed by atoms with E-state index in [4.69, 9.17) is 9.47 Å². The van der Waals surface area contributed by atoms with Crippen molar-refractivity contribution in [2.75, 3.05) is 48.5 Å². The Kier molecular flexibility index (Phi) is 18.2. The molecule has 4 N–H and O–H groups in total. The van der Waals surface area contributed by atoms with E-state index in [0.29, 0.717) is 25.8 Å². The minimum atomic E-state index is -1.15. The number of likely N-dealkylation sites (tertiary alicyclic amines) is 1. The van der Waals surface area contributed by atoms with E-state index >= 15 is 0 Å². The number of hydrogen-bond donors (Lipinski definition) is 4. The highest BCUT2D eigenvalue weighted by Crippen LogP contribution is 2.29. The van der Waals surface area contributed by atoms with E-state index in [1.807, 2.05) is 45.9 Å². The number of ether oxygens (including phenoxy) is 2. The number of benzene rings is 1. The van der Waals surface area contributed by atoms with Crippen molar-refractivity contribution in [2.24, 2.45) is 17.8 Å². The van der Waals surface area contributed by atoms with Gasteiger partial charge in [-0.1, -0.05) is 71.4 Å². The van der Waals surface area contributed by atoms with Crippen molar-refractivity contribution in [3.05, 3.63) is 35.9 Å². The van der Waals surface area contributed by atoms with Crippen LogP contribution in [0.5, 0.6) is 0 Å². The standard InChI is InChI=1S/C38H63N5O9/c1-11-24(4)33(42(8)37(48)32(23(2)3)40-36(47)29(22-44)41(6)7)30(51-9)21-31(45)43-19-15-18-28(43)34(52-10)25(5)35(46)39-27(38(49)50)20-26-16-13-12-14-17-26/h12-14,16-17,23-25,27-30,32-34,44H,11,15,18-22H2,1-10H3,(H,39,46)(H,40,47)(H,49,50)/t24-,25+,27-,28?,29?,30+,32?,33-,34+/m0/s1. The quantitative estimate of drug-likeness (QED) is 0.146. The second-order valence-corrected chi connectivity index (χ2v) is 14.6. The molecule has 1 aliphatic rings. The van der Waals surface area contributed by atoms with Crippen molar-refractivity contribution < 1.29 is 43.7 Å². The number of methoxy groups -OCH3 is 2. The van der Waals surface area contributed by atoms with E-state index in [0.717, 1.165) is 5.56 Å². The SMILES string of the molecule is CC[C@H](C)[C@@H]([C@@H](CC(=O)N1CCCC1[C@H](OC)[C@@H](C)C(=O)N[C@@H](Cc1ccccc1)C(=O)O)OC)N(C)C(=O)C(NC(=O)C(CO)N(C)C)C(C)C. The predicted molar refractivity (Wildman–Crippen MR) is 197 cm³/mol. The molecule has 0 spiro atoms. The predicted octanol–water partition coefficient (Wildman–Crippen LogP) is 1.78. The lowest BCUT2D eigenvalue weighted by atomic mass is 9.89. The molecule has 3 unspecified atom stereocenters. The molecule has 0 bridgehead atoms. The van der Waals surface area contributed by atoms with E-state index in [9.17, 15) is 34.2 Å². The highest BCUT2D eigenvalue weighted by atomic mass is 16.5. The van der Waals surface area contributed by atoms with Gasteiger partial charge in [-0.05, 0) is 44.3 Å².